The summed E-state index contributed by atoms with van der Waals surface area (Å²) in [5, 5.41) is 0. The lowest BCUT2D eigenvalue weighted by Gasteiger charge is -2.46. The maximum absolute atomic E-state index is 11.2. The van der Waals surface area contributed by atoms with Crippen LogP contribution < -0.4 is 0 Å². The van der Waals surface area contributed by atoms with E-state index in [4.69, 9.17) is 23.7 Å². The summed E-state index contributed by atoms with van der Waals surface area (Å²) in [4.78, 5) is 11.2. The van der Waals surface area contributed by atoms with E-state index in [2.05, 4.69) is 0 Å². The van der Waals surface area contributed by atoms with Gasteiger partial charge in [-0.2, -0.15) is 0 Å². The fraction of sp³-hybridized carbons (Fsp3) is 0.289. The Morgan fingerprint density at radius 2 is 0.932 bits per heavy atom. The van der Waals surface area contributed by atoms with Crippen molar-refractivity contribution in [3.63, 3.8) is 0 Å². The first-order chi connectivity index (χ1) is 21.8. The smallest absolute Gasteiger partial charge is 0.142 e. The number of carbonyl (C=O) groups excluding carboxylic acids is 1. The molecule has 4 aromatic carbocycles. The summed E-state index contributed by atoms with van der Waals surface area (Å²) in [7, 11) is 0. The number of hydrogen-bond acceptors (Lipinski definition) is 6. The first-order valence-corrected chi connectivity index (χ1v) is 15.1. The Morgan fingerprint density at radius 3 is 1.39 bits per heavy atom. The Labute approximate surface area is 260 Å². The second-order valence-electron chi connectivity index (χ2n) is 10.8. The van der Waals surface area contributed by atoms with E-state index in [1.165, 1.54) is 6.08 Å². The highest BCUT2D eigenvalue weighted by Crippen LogP contribution is 2.32. The summed E-state index contributed by atoms with van der Waals surface area (Å²) in [5.74, 6) is 0. The topological polar surface area (TPSA) is 63.2 Å². The van der Waals surface area contributed by atoms with Gasteiger partial charge in [-0.15, -0.1) is 0 Å². The van der Waals surface area contributed by atoms with E-state index in [0.717, 1.165) is 28.5 Å². The zero-order valence-electron chi connectivity index (χ0n) is 24.9. The maximum atomic E-state index is 11.2. The second kappa shape index (κ2) is 17.4. The van der Waals surface area contributed by atoms with Crippen molar-refractivity contribution in [3.05, 3.63) is 156 Å². The van der Waals surface area contributed by atoms with E-state index < -0.39 is 30.5 Å². The molecule has 0 radical (unpaired) electrons. The molecule has 6 heteroatoms. The molecule has 4 aromatic rings. The molecule has 0 amide bonds. The predicted octanol–water partition coefficient (Wildman–Crippen LogP) is 6.87. The summed E-state index contributed by atoms with van der Waals surface area (Å²) in [6.07, 6.45) is 2.31. The molecule has 1 heterocycles. The van der Waals surface area contributed by atoms with Gasteiger partial charge in [0.2, 0.25) is 0 Å². The lowest BCUT2D eigenvalue weighted by atomic mass is 9.92. The number of carbonyl (C=O) groups is 1. The minimum Gasteiger partial charge on any atom is -0.374 e. The summed E-state index contributed by atoms with van der Waals surface area (Å²) in [5.41, 5.74) is 4.23. The van der Waals surface area contributed by atoms with Crippen LogP contribution in [-0.4, -0.2) is 43.4 Å². The fourth-order valence-electron chi connectivity index (χ4n) is 5.34. The van der Waals surface area contributed by atoms with Crippen LogP contribution in [0.1, 0.15) is 28.7 Å². The summed E-state index contributed by atoms with van der Waals surface area (Å²) >= 11 is 0. The Bertz CT molecular complexity index is 1380. The minimum absolute atomic E-state index is 0.304. The zero-order chi connectivity index (χ0) is 30.2. The molecular weight excluding hydrogens is 552 g/mol. The van der Waals surface area contributed by atoms with Gasteiger partial charge in [0.15, 0.2) is 0 Å². The Morgan fingerprint density at radius 1 is 0.523 bits per heavy atom. The van der Waals surface area contributed by atoms with E-state index in [1.54, 1.807) is 0 Å². The normalized spacial score (nSPS) is 21.8. The lowest BCUT2D eigenvalue weighted by Crippen LogP contribution is -2.61. The van der Waals surface area contributed by atoms with Gasteiger partial charge in [0, 0.05) is 0 Å². The summed E-state index contributed by atoms with van der Waals surface area (Å²) < 4.78 is 33.0. The van der Waals surface area contributed by atoms with Crippen LogP contribution in [0.15, 0.2) is 133 Å². The van der Waals surface area contributed by atoms with Crippen molar-refractivity contribution in [2.75, 3.05) is 6.61 Å². The Hall–Kier alpha value is -3.91. The van der Waals surface area contributed by atoms with Crippen molar-refractivity contribution in [2.45, 2.75) is 63.4 Å². The molecular formula is C38H40O6. The van der Waals surface area contributed by atoms with Gasteiger partial charge in [0.1, 0.15) is 30.7 Å². The van der Waals surface area contributed by atoms with Crippen LogP contribution in [0, 0.1) is 0 Å². The highest BCUT2D eigenvalue weighted by atomic mass is 16.6. The third-order valence-electron chi connectivity index (χ3n) is 7.56. The molecule has 1 aliphatic heterocycles. The quantitative estimate of drug-likeness (QED) is 0.105. The van der Waals surface area contributed by atoms with Gasteiger partial charge in [-0.1, -0.05) is 127 Å². The van der Waals surface area contributed by atoms with Gasteiger partial charge in [0.25, 0.3) is 0 Å². The van der Waals surface area contributed by atoms with Crippen LogP contribution in [0.2, 0.25) is 0 Å². The van der Waals surface area contributed by atoms with Crippen molar-refractivity contribution < 1.29 is 28.5 Å². The van der Waals surface area contributed by atoms with Crippen molar-refractivity contribution in [3.8, 4) is 0 Å². The summed E-state index contributed by atoms with van der Waals surface area (Å²) in [6.45, 7) is 1.91. The molecule has 0 N–H and O–H groups in total. The van der Waals surface area contributed by atoms with Gasteiger partial charge in [-0.3, -0.25) is 4.79 Å². The van der Waals surface area contributed by atoms with Gasteiger partial charge in [0.05, 0.1) is 39.1 Å². The minimum atomic E-state index is -0.484. The van der Waals surface area contributed by atoms with Gasteiger partial charge in [-0.25, -0.2) is 0 Å². The molecule has 228 valence electrons. The highest BCUT2D eigenvalue weighted by molar-refractivity contribution is 5.64. The standard InChI is InChI=1S/C38H40O6/c39-24-14-13-23-34-36(41-26-31-17-7-2-8-18-31)38(43-28-33-21-11-4-12-22-33)37(42-27-32-19-9-3-10-20-32)35(44-34)29-40-25-30-15-5-1-6-16-30/h1-22,24,34-38H,23,25-29H2/b14-13+/t34-,35+,36-,37+,38+/m0/s1. The predicted molar refractivity (Wildman–Crippen MR) is 170 cm³/mol. The Balaban J connectivity index is 1.43. The number of allylic oxidation sites excluding steroid dienone is 1. The van der Waals surface area contributed by atoms with E-state index in [1.807, 2.05) is 127 Å². The molecule has 6 nitrogen and oxygen atoms in total. The Kier molecular flexibility index (Phi) is 12.5. The van der Waals surface area contributed by atoms with Crippen LogP contribution in [0.4, 0.5) is 0 Å². The second-order valence-corrected chi connectivity index (χ2v) is 10.8. The van der Waals surface area contributed by atoms with Gasteiger partial charge < -0.3 is 23.7 Å². The van der Waals surface area contributed by atoms with Crippen LogP contribution in [0.5, 0.6) is 0 Å². The molecule has 1 fully saturated rings. The first kappa shape index (κ1) is 31.5. The molecule has 0 unspecified atom stereocenters. The molecule has 0 saturated carbocycles. The fourth-order valence-corrected chi connectivity index (χ4v) is 5.34. The van der Waals surface area contributed by atoms with E-state index in [9.17, 15) is 4.79 Å². The number of rotatable bonds is 16. The van der Waals surface area contributed by atoms with E-state index in [0.29, 0.717) is 39.5 Å². The molecule has 0 aromatic heterocycles. The maximum Gasteiger partial charge on any atom is 0.142 e. The molecule has 5 rings (SSSR count). The van der Waals surface area contributed by atoms with Crippen molar-refractivity contribution in [2.24, 2.45) is 0 Å². The number of ether oxygens (including phenoxy) is 5. The average Bonchev–Trinajstić information content (AvgIpc) is 3.08. The van der Waals surface area contributed by atoms with Crippen LogP contribution in [0.3, 0.4) is 0 Å². The van der Waals surface area contributed by atoms with Crippen LogP contribution >= 0.6 is 0 Å². The third-order valence-corrected chi connectivity index (χ3v) is 7.56. The van der Waals surface area contributed by atoms with Crippen LogP contribution in [0.25, 0.3) is 0 Å². The van der Waals surface area contributed by atoms with Crippen molar-refractivity contribution in [1.82, 2.24) is 0 Å². The van der Waals surface area contributed by atoms with Gasteiger partial charge >= 0.3 is 0 Å². The number of benzene rings is 4. The zero-order valence-corrected chi connectivity index (χ0v) is 24.9. The van der Waals surface area contributed by atoms with Gasteiger partial charge in [-0.05, 0) is 34.8 Å². The van der Waals surface area contributed by atoms with Crippen LogP contribution in [-0.2, 0) is 54.9 Å². The lowest BCUT2D eigenvalue weighted by molar-refractivity contribution is -0.271. The average molecular weight is 593 g/mol. The van der Waals surface area contributed by atoms with E-state index >= 15 is 0 Å². The first-order valence-electron chi connectivity index (χ1n) is 15.1. The SMILES string of the molecule is O=C/C=C/C[C@@H]1O[C@H](COCc2ccccc2)[C@@H](OCc2ccccc2)[C@H](OCc2ccccc2)[C@H]1OCc1ccccc1. The molecule has 0 bridgehead atoms. The molecule has 1 saturated heterocycles. The molecule has 5 atom stereocenters. The molecule has 44 heavy (non-hydrogen) atoms. The number of aldehydes is 1. The van der Waals surface area contributed by atoms with E-state index in [-0.39, 0.29) is 0 Å². The van der Waals surface area contributed by atoms with Crippen molar-refractivity contribution >= 4 is 6.29 Å². The largest absolute Gasteiger partial charge is 0.374 e. The van der Waals surface area contributed by atoms with Crippen molar-refractivity contribution in [1.29, 1.82) is 0 Å². The number of hydrogen-bond donors (Lipinski definition) is 0. The third kappa shape index (κ3) is 9.55. The molecule has 0 spiro atoms. The summed E-state index contributed by atoms with van der Waals surface area (Å²) in [6, 6.07) is 40.3. The monoisotopic (exact) mass is 592 g/mol. The molecule has 1 aliphatic rings. The highest BCUT2D eigenvalue weighted by Gasteiger charge is 2.48. The molecule has 0 aliphatic carbocycles.